The SMILES string of the molecule is CC(Cc1ccccc1O)C1CCCCCC1. The van der Waals surface area contributed by atoms with Gasteiger partial charge in [0.15, 0.2) is 0 Å². The maximum Gasteiger partial charge on any atom is 0.118 e. The molecule has 94 valence electrons. The summed E-state index contributed by atoms with van der Waals surface area (Å²) in [5, 5.41) is 9.81. The van der Waals surface area contributed by atoms with E-state index in [0.717, 1.165) is 17.9 Å². The van der Waals surface area contributed by atoms with Crippen molar-refractivity contribution in [1.29, 1.82) is 0 Å². The van der Waals surface area contributed by atoms with Gasteiger partial charge in [0.1, 0.15) is 5.75 Å². The van der Waals surface area contributed by atoms with Crippen LogP contribution in [0.5, 0.6) is 5.75 Å². The molecule has 0 saturated heterocycles. The van der Waals surface area contributed by atoms with E-state index in [1.807, 2.05) is 12.1 Å². The highest BCUT2D eigenvalue weighted by Gasteiger charge is 2.19. The second-order valence-corrected chi connectivity index (χ2v) is 5.56. The van der Waals surface area contributed by atoms with Crippen LogP contribution in [0, 0.1) is 11.8 Å². The lowest BCUT2D eigenvalue weighted by Crippen LogP contribution is -2.13. The average Bonchev–Trinajstić information content (AvgIpc) is 2.61. The predicted molar refractivity (Wildman–Crippen MR) is 72.2 cm³/mol. The summed E-state index contributed by atoms with van der Waals surface area (Å²) >= 11 is 0. The highest BCUT2D eigenvalue weighted by Crippen LogP contribution is 2.32. The zero-order chi connectivity index (χ0) is 12.1. The first-order valence-corrected chi connectivity index (χ1v) is 7.04. The van der Waals surface area contributed by atoms with Crippen molar-refractivity contribution in [3.63, 3.8) is 0 Å². The van der Waals surface area contributed by atoms with Crippen molar-refractivity contribution in [3.8, 4) is 5.75 Å². The molecular weight excluding hydrogens is 208 g/mol. The van der Waals surface area contributed by atoms with Crippen LogP contribution in [0.15, 0.2) is 24.3 Å². The molecule has 1 aliphatic carbocycles. The Morgan fingerprint density at radius 3 is 2.41 bits per heavy atom. The maximum atomic E-state index is 9.81. The molecule has 1 saturated carbocycles. The van der Waals surface area contributed by atoms with Crippen LogP contribution in [0.1, 0.15) is 51.0 Å². The van der Waals surface area contributed by atoms with Crippen LogP contribution in [0.3, 0.4) is 0 Å². The van der Waals surface area contributed by atoms with Crippen molar-refractivity contribution in [2.75, 3.05) is 0 Å². The van der Waals surface area contributed by atoms with Gasteiger partial charge in [-0.05, 0) is 29.9 Å². The van der Waals surface area contributed by atoms with E-state index in [-0.39, 0.29) is 0 Å². The fourth-order valence-corrected chi connectivity index (χ4v) is 3.08. The molecule has 0 heterocycles. The second-order valence-electron chi connectivity index (χ2n) is 5.56. The number of aromatic hydroxyl groups is 1. The molecule has 1 heteroatoms. The molecule has 1 unspecified atom stereocenters. The third-order valence-corrected chi connectivity index (χ3v) is 4.24. The van der Waals surface area contributed by atoms with E-state index < -0.39 is 0 Å². The van der Waals surface area contributed by atoms with Crippen LogP contribution in [0.2, 0.25) is 0 Å². The summed E-state index contributed by atoms with van der Waals surface area (Å²) in [7, 11) is 0. The molecule has 0 bridgehead atoms. The highest BCUT2D eigenvalue weighted by atomic mass is 16.3. The third-order valence-electron chi connectivity index (χ3n) is 4.24. The maximum absolute atomic E-state index is 9.81. The van der Waals surface area contributed by atoms with Gasteiger partial charge in [0.25, 0.3) is 0 Å². The zero-order valence-corrected chi connectivity index (χ0v) is 10.9. The van der Waals surface area contributed by atoms with Crippen LogP contribution in [-0.2, 0) is 6.42 Å². The number of hydrogen-bond donors (Lipinski definition) is 1. The van der Waals surface area contributed by atoms with Crippen molar-refractivity contribution in [3.05, 3.63) is 29.8 Å². The largest absolute Gasteiger partial charge is 0.508 e. The Bertz CT molecular complexity index is 337. The van der Waals surface area contributed by atoms with Crippen LogP contribution in [0.25, 0.3) is 0 Å². The number of benzene rings is 1. The van der Waals surface area contributed by atoms with Gasteiger partial charge in [-0.25, -0.2) is 0 Å². The summed E-state index contributed by atoms with van der Waals surface area (Å²) in [4.78, 5) is 0. The molecule has 1 fully saturated rings. The number of rotatable bonds is 3. The third kappa shape index (κ3) is 3.49. The van der Waals surface area contributed by atoms with Crippen molar-refractivity contribution < 1.29 is 5.11 Å². The van der Waals surface area contributed by atoms with Gasteiger partial charge in [-0.2, -0.15) is 0 Å². The molecule has 1 aromatic carbocycles. The van der Waals surface area contributed by atoms with Gasteiger partial charge in [-0.3, -0.25) is 0 Å². The van der Waals surface area contributed by atoms with E-state index in [4.69, 9.17) is 0 Å². The Morgan fingerprint density at radius 1 is 1.12 bits per heavy atom. The summed E-state index contributed by atoms with van der Waals surface area (Å²) in [6.45, 7) is 2.35. The van der Waals surface area contributed by atoms with Gasteiger partial charge < -0.3 is 5.11 Å². The topological polar surface area (TPSA) is 20.2 Å². The number of para-hydroxylation sites is 1. The first-order valence-electron chi connectivity index (χ1n) is 7.04. The van der Waals surface area contributed by atoms with Gasteiger partial charge in [0.05, 0.1) is 0 Å². The lowest BCUT2D eigenvalue weighted by atomic mass is 9.83. The first-order chi connectivity index (χ1) is 8.27. The number of hydrogen-bond acceptors (Lipinski definition) is 1. The number of phenolic OH excluding ortho intramolecular Hbond substituents is 1. The van der Waals surface area contributed by atoms with E-state index in [1.165, 1.54) is 38.5 Å². The van der Waals surface area contributed by atoms with Gasteiger partial charge in [-0.15, -0.1) is 0 Å². The van der Waals surface area contributed by atoms with Gasteiger partial charge >= 0.3 is 0 Å². The predicted octanol–water partition coefficient (Wildman–Crippen LogP) is 4.54. The van der Waals surface area contributed by atoms with E-state index in [1.54, 1.807) is 6.07 Å². The number of phenols is 1. The molecule has 0 spiro atoms. The summed E-state index contributed by atoms with van der Waals surface area (Å²) in [6, 6.07) is 7.78. The molecule has 17 heavy (non-hydrogen) atoms. The van der Waals surface area contributed by atoms with Crippen molar-refractivity contribution >= 4 is 0 Å². The smallest absolute Gasteiger partial charge is 0.118 e. The van der Waals surface area contributed by atoms with E-state index in [0.29, 0.717) is 11.7 Å². The van der Waals surface area contributed by atoms with E-state index in [9.17, 15) is 5.11 Å². The van der Waals surface area contributed by atoms with Crippen LogP contribution in [-0.4, -0.2) is 5.11 Å². The minimum Gasteiger partial charge on any atom is -0.508 e. The van der Waals surface area contributed by atoms with Crippen LogP contribution >= 0.6 is 0 Å². The fraction of sp³-hybridized carbons (Fsp3) is 0.625. The summed E-state index contributed by atoms with van der Waals surface area (Å²) in [5.41, 5.74) is 1.12. The summed E-state index contributed by atoms with van der Waals surface area (Å²) < 4.78 is 0. The molecule has 1 aliphatic rings. The Balaban J connectivity index is 1.95. The Morgan fingerprint density at radius 2 is 1.76 bits per heavy atom. The lowest BCUT2D eigenvalue weighted by Gasteiger charge is -2.22. The highest BCUT2D eigenvalue weighted by molar-refractivity contribution is 5.32. The van der Waals surface area contributed by atoms with E-state index >= 15 is 0 Å². The minimum atomic E-state index is 0.466. The molecule has 1 nitrogen and oxygen atoms in total. The Kier molecular flexibility index (Phi) is 4.47. The molecule has 1 aromatic rings. The zero-order valence-electron chi connectivity index (χ0n) is 10.9. The first kappa shape index (κ1) is 12.5. The second kappa shape index (κ2) is 6.09. The Hall–Kier alpha value is -0.980. The average molecular weight is 232 g/mol. The van der Waals surface area contributed by atoms with Crippen LogP contribution < -0.4 is 0 Å². The quantitative estimate of drug-likeness (QED) is 0.758. The molecule has 0 amide bonds. The molecule has 1 N–H and O–H groups in total. The van der Waals surface area contributed by atoms with Crippen molar-refractivity contribution in [2.45, 2.75) is 51.9 Å². The van der Waals surface area contributed by atoms with E-state index in [2.05, 4.69) is 13.0 Å². The summed E-state index contributed by atoms with van der Waals surface area (Å²) in [6.07, 6.45) is 9.42. The molecule has 0 aromatic heterocycles. The van der Waals surface area contributed by atoms with Crippen LogP contribution in [0.4, 0.5) is 0 Å². The molecule has 2 rings (SSSR count). The molecule has 0 radical (unpaired) electrons. The fourth-order valence-electron chi connectivity index (χ4n) is 3.08. The van der Waals surface area contributed by atoms with Gasteiger partial charge in [0.2, 0.25) is 0 Å². The minimum absolute atomic E-state index is 0.466. The van der Waals surface area contributed by atoms with Crippen molar-refractivity contribution in [2.24, 2.45) is 11.8 Å². The Labute approximate surface area is 105 Å². The van der Waals surface area contributed by atoms with Crippen molar-refractivity contribution in [1.82, 2.24) is 0 Å². The molecule has 1 atom stereocenters. The summed E-state index contributed by atoms with van der Waals surface area (Å²) in [5.74, 6) is 2.02. The standard InChI is InChI=1S/C16H24O/c1-13(14-8-4-2-3-5-9-14)12-15-10-6-7-11-16(15)17/h6-7,10-11,13-14,17H,2-5,8-9,12H2,1H3. The van der Waals surface area contributed by atoms with Gasteiger partial charge in [0, 0.05) is 0 Å². The molecular formula is C16H24O. The van der Waals surface area contributed by atoms with Gasteiger partial charge in [-0.1, -0.05) is 63.6 Å². The monoisotopic (exact) mass is 232 g/mol. The molecule has 0 aliphatic heterocycles. The lowest BCUT2D eigenvalue weighted by molar-refractivity contribution is 0.315. The normalized spacial score (nSPS) is 19.8.